The molecule has 37 heavy (non-hydrogen) atoms. The zero-order valence-corrected chi connectivity index (χ0v) is 21.9. The van der Waals surface area contributed by atoms with Gasteiger partial charge in [0.2, 0.25) is 0 Å². The minimum atomic E-state index is -4.56. The van der Waals surface area contributed by atoms with Crippen molar-refractivity contribution in [2.45, 2.75) is 46.2 Å². The summed E-state index contributed by atoms with van der Waals surface area (Å²) in [5.41, 5.74) is -0.232. The number of fused-ring (bicyclic) bond motifs is 1. The Morgan fingerprint density at radius 1 is 1.05 bits per heavy atom. The Balaban J connectivity index is 1.68. The molecule has 0 bridgehead atoms. The molecule has 1 aliphatic heterocycles. The van der Waals surface area contributed by atoms with E-state index in [0.29, 0.717) is 32.4 Å². The number of nitrogens with zero attached hydrogens (tertiary/aromatic N) is 3. The lowest BCUT2D eigenvalue weighted by Gasteiger charge is -2.32. The molecule has 1 amide bonds. The van der Waals surface area contributed by atoms with Crippen molar-refractivity contribution in [1.29, 1.82) is 0 Å². The van der Waals surface area contributed by atoms with E-state index in [1.807, 2.05) is 0 Å². The van der Waals surface area contributed by atoms with Gasteiger partial charge in [-0.3, -0.25) is 9.59 Å². The highest BCUT2D eigenvalue weighted by atomic mass is 35.5. The number of halogens is 5. The SMILES string of the molecule is CC(=O)CC1CCN(C(=O)c2ccc(Cl)c(C(=O)n3nc4c(C)cc(C(F)(F)F)cc4c3C)c2Cl)CC1. The Morgan fingerprint density at radius 3 is 2.30 bits per heavy atom. The number of aryl methyl sites for hydroxylation is 2. The van der Waals surface area contributed by atoms with Gasteiger partial charge in [0.25, 0.3) is 11.8 Å². The molecule has 1 aliphatic rings. The van der Waals surface area contributed by atoms with Crippen molar-refractivity contribution < 1.29 is 27.6 Å². The monoisotopic (exact) mass is 553 g/mol. The van der Waals surface area contributed by atoms with E-state index in [1.165, 1.54) is 26.0 Å². The highest BCUT2D eigenvalue weighted by Gasteiger charge is 2.33. The topological polar surface area (TPSA) is 72.3 Å². The molecule has 0 atom stereocenters. The van der Waals surface area contributed by atoms with Crippen LogP contribution in [-0.4, -0.2) is 45.4 Å². The number of ketones is 1. The number of hydrogen-bond acceptors (Lipinski definition) is 4. The van der Waals surface area contributed by atoms with E-state index in [1.54, 1.807) is 11.8 Å². The summed E-state index contributed by atoms with van der Waals surface area (Å²) in [5.74, 6) is -0.797. The summed E-state index contributed by atoms with van der Waals surface area (Å²) in [6.07, 6.45) is -2.72. The number of piperidine rings is 1. The minimum Gasteiger partial charge on any atom is -0.339 e. The average molecular weight is 554 g/mol. The maximum absolute atomic E-state index is 13.5. The largest absolute Gasteiger partial charge is 0.416 e. The van der Waals surface area contributed by atoms with Crippen LogP contribution in [0.3, 0.4) is 0 Å². The second kappa shape index (κ2) is 10.1. The second-order valence-electron chi connectivity index (χ2n) is 9.42. The number of likely N-dealkylation sites (tertiary alicyclic amines) is 1. The molecule has 196 valence electrons. The molecule has 0 spiro atoms. The summed E-state index contributed by atoms with van der Waals surface area (Å²) < 4.78 is 41.0. The van der Waals surface area contributed by atoms with Gasteiger partial charge in [0, 0.05) is 24.9 Å². The van der Waals surface area contributed by atoms with Crippen molar-refractivity contribution in [3.63, 3.8) is 0 Å². The van der Waals surface area contributed by atoms with E-state index in [-0.39, 0.29) is 60.9 Å². The lowest BCUT2D eigenvalue weighted by atomic mass is 9.91. The molecule has 0 saturated carbocycles. The summed E-state index contributed by atoms with van der Waals surface area (Å²) in [6, 6.07) is 4.76. The molecule has 1 fully saturated rings. The van der Waals surface area contributed by atoms with Gasteiger partial charge in [0.1, 0.15) is 5.78 Å². The average Bonchev–Trinajstić information content (AvgIpc) is 3.15. The summed E-state index contributed by atoms with van der Waals surface area (Å²) in [4.78, 5) is 39.8. The van der Waals surface area contributed by atoms with E-state index < -0.39 is 17.6 Å². The Morgan fingerprint density at radius 2 is 1.70 bits per heavy atom. The fourth-order valence-corrected chi connectivity index (χ4v) is 5.39. The number of aromatic nitrogens is 2. The maximum atomic E-state index is 13.5. The van der Waals surface area contributed by atoms with Gasteiger partial charge >= 0.3 is 6.18 Å². The molecule has 0 aliphatic carbocycles. The van der Waals surface area contributed by atoms with Crippen LogP contribution in [0, 0.1) is 19.8 Å². The van der Waals surface area contributed by atoms with E-state index in [0.717, 1.165) is 16.8 Å². The number of benzene rings is 2. The fourth-order valence-electron chi connectivity index (χ4n) is 4.78. The van der Waals surface area contributed by atoms with Gasteiger partial charge in [-0.15, -0.1) is 0 Å². The van der Waals surface area contributed by atoms with E-state index in [9.17, 15) is 27.6 Å². The Hall–Kier alpha value is -2.91. The molecular formula is C26H24Cl2F3N3O3. The quantitative estimate of drug-likeness (QED) is 0.369. The number of carbonyl (C=O) groups is 3. The third-order valence-corrected chi connectivity index (χ3v) is 7.45. The van der Waals surface area contributed by atoms with Gasteiger partial charge in [-0.2, -0.15) is 23.0 Å². The molecule has 3 aromatic rings. The molecule has 0 unspecified atom stereocenters. The van der Waals surface area contributed by atoms with Crippen molar-refractivity contribution in [2.24, 2.45) is 5.92 Å². The predicted octanol–water partition coefficient (Wildman–Crippen LogP) is 6.50. The third kappa shape index (κ3) is 5.25. The Bertz CT molecular complexity index is 1420. The van der Waals surface area contributed by atoms with Gasteiger partial charge < -0.3 is 9.69 Å². The van der Waals surface area contributed by atoms with Crippen molar-refractivity contribution >= 4 is 51.7 Å². The minimum absolute atomic E-state index is 0.0154. The highest BCUT2D eigenvalue weighted by Crippen LogP contribution is 2.35. The lowest BCUT2D eigenvalue weighted by Crippen LogP contribution is -2.39. The number of carbonyl (C=O) groups excluding carboxylic acids is 3. The van der Waals surface area contributed by atoms with Gasteiger partial charge in [-0.1, -0.05) is 23.2 Å². The van der Waals surface area contributed by atoms with Crippen molar-refractivity contribution in [2.75, 3.05) is 13.1 Å². The van der Waals surface area contributed by atoms with Gasteiger partial charge in [-0.05, 0) is 69.4 Å². The summed E-state index contributed by atoms with van der Waals surface area (Å²) in [7, 11) is 0. The molecule has 2 heterocycles. The first kappa shape index (κ1) is 27.1. The Kier molecular flexibility index (Phi) is 7.41. The summed E-state index contributed by atoms with van der Waals surface area (Å²) in [5, 5.41) is 4.26. The molecule has 4 rings (SSSR count). The van der Waals surface area contributed by atoms with Crippen LogP contribution in [0.15, 0.2) is 24.3 Å². The van der Waals surface area contributed by atoms with E-state index in [2.05, 4.69) is 5.10 Å². The van der Waals surface area contributed by atoms with Crippen LogP contribution in [-0.2, 0) is 11.0 Å². The van der Waals surface area contributed by atoms with Crippen LogP contribution in [0.25, 0.3) is 10.9 Å². The first-order valence-electron chi connectivity index (χ1n) is 11.7. The number of hydrogen-bond donors (Lipinski definition) is 0. The first-order chi connectivity index (χ1) is 17.3. The van der Waals surface area contributed by atoms with Crippen molar-refractivity contribution in [1.82, 2.24) is 14.7 Å². The number of Topliss-reactive ketones (excluding diaryl/α,β-unsaturated/α-hetero) is 1. The standard InChI is InChI=1S/C26H24Cl2F3N3O3/c1-13-10-17(26(29,30)31)12-19-15(3)34(32-23(13)19)25(37)21-20(27)5-4-18(22(21)28)24(36)33-8-6-16(7-9-33)11-14(2)35/h4-5,10,12,16H,6-9,11H2,1-3H3. The predicted molar refractivity (Wildman–Crippen MR) is 134 cm³/mol. The lowest BCUT2D eigenvalue weighted by molar-refractivity contribution is -0.137. The van der Waals surface area contributed by atoms with Gasteiger partial charge in [0.15, 0.2) is 0 Å². The normalized spacial score (nSPS) is 14.9. The smallest absolute Gasteiger partial charge is 0.339 e. The van der Waals surface area contributed by atoms with Crippen LogP contribution in [0.2, 0.25) is 10.0 Å². The molecule has 11 heteroatoms. The van der Waals surface area contributed by atoms with Crippen LogP contribution >= 0.6 is 23.2 Å². The number of rotatable bonds is 4. The molecule has 1 saturated heterocycles. The molecule has 0 radical (unpaired) electrons. The number of amides is 1. The molecule has 0 N–H and O–H groups in total. The highest BCUT2D eigenvalue weighted by molar-refractivity contribution is 6.41. The van der Waals surface area contributed by atoms with Gasteiger partial charge in [-0.25, -0.2) is 0 Å². The second-order valence-corrected chi connectivity index (χ2v) is 10.2. The van der Waals surface area contributed by atoms with Crippen LogP contribution < -0.4 is 0 Å². The zero-order chi connectivity index (χ0) is 27.2. The van der Waals surface area contributed by atoms with E-state index in [4.69, 9.17) is 23.2 Å². The Labute approximate surface area is 221 Å². The summed E-state index contributed by atoms with van der Waals surface area (Å²) >= 11 is 12.9. The first-order valence-corrected chi connectivity index (χ1v) is 12.4. The molecular weight excluding hydrogens is 530 g/mol. The van der Waals surface area contributed by atoms with Crippen LogP contribution in [0.1, 0.15) is 63.7 Å². The van der Waals surface area contributed by atoms with Crippen molar-refractivity contribution in [3.8, 4) is 0 Å². The maximum Gasteiger partial charge on any atom is 0.416 e. The molecule has 6 nitrogen and oxygen atoms in total. The zero-order valence-electron chi connectivity index (χ0n) is 20.4. The molecule has 2 aromatic carbocycles. The van der Waals surface area contributed by atoms with Crippen molar-refractivity contribution in [3.05, 3.63) is 62.3 Å². The molecule has 1 aromatic heterocycles. The third-order valence-electron chi connectivity index (χ3n) is 6.74. The van der Waals surface area contributed by atoms with Crippen LogP contribution in [0.5, 0.6) is 0 Å². The number of alkyl halides is 3. The van der Waals surface area contributed by atoms with Crippen LogP contribution in [0.4, 0.5) is 13.2 Å². The fraction of sp³-hybridized carbons (Fsp3) is 0.385. The van der Waals surface area contributed by atoms with Gasteiger partial charge in [0.05, 0.1) is 37.9 Å². The summed E-state index contributed by atoms with van der Waals surface area (Å²) in [6.45, 7) is 5.41. The van der Waals surface area contributed by atoms with E-state index >= 15 is 0 Å².